The maximum absolute atomic E-state index is 11.7. The summed E-state index contributed by atoms with van der Waals surface area (Å²) in [6.45, 7) is 3.68. The van der Waals surface area contributed by atoms with Gasteiger partial charge in [-0.15, -0.1) is 0 Å². The molecule has 0 aliphatic rings. The molecule has 0 bridgehead atoms. The minimum Gasteiger partial charge on any atom is -0.478 e. The van der Waals surface area contributed by atoms with E-state index in [0.717, 1.165) is 0 Å². The second kappa shape index (κ2) is 6.04. The molecule has 1 amide bonds. The summed E-state index contributed by atoms with van der Waals surface area (Å²) in [6, 6.07) is 4.32. The number of carbonyl (C=O) groups is 2. The number of halogens is 1. The zero-order chi connectivity index (χ0) is 14.6. The molecule has 0 saturated carbocycles. The van der Waals surface area contributed by atoms with Crippen LogP contribution in [0.25, 0.3) is 0 Å². The van der Waals surface area contributed by atoms with Crippen molar-refractivity contribution in [1.82, 2.24) is 0 Å². The molecule has 0 radical (unpaired) electrons. The molecule has 4 N–H and O–H groups in total. The van der Waals surface area contributed by atoms with Crippen LogP contribution in [0.2, 0.25) is 5.02 Å². The number of rotatable bonds is 5. The van der Waals surface area contributed by atoms with Crippen LogP contribution in [0.5, 0.6) is 0 Å². The zero-order valence-electron chi connectivity index (χ0n) is 10.9. The molecule has 1 aromatic carbocycles. The van der Waals surface area contributed by atoms with Gasteiger partial charge in [0, 0.05) is 17.6 Å². The van der Waals surface area contributed by atoms with Gasteiger partial charge < -0.3 is 16.2 Å². The molecule has 0 fully saturated rings. The monoisotopic (exact) mass is 284 g/mol. The van der Waals surface area contributed by atoms with Crippen molar-refractivity contribution in [2.45, 2.75) is 32.2 Å². The molecule has 0 spiro atoms. The Morgan fingerprint density at radius 1 is 1.42 bits per heavy atom. The first-order chi connectivity index (χ1) is 8.69. The van der Waals surface area contributed by atoms with Crippen molar-refractivity contribution in [2.75, 3.05) is 5.32 Å². The number of amides is 1. The fourth-order valence-electron chi connectivity index (χ4n) is 1.43. The first kappa shape index (κ1) is 15.5. The Kier molecular flexibility index (Phi) is 4.91. The number of carboxylic acids is 1. The number of hydrogen-bond acceptors (Lipinski definition) is 3. The van der Waals surface area contributed by atoms with E-state index in [1.807, 2.05) is 13.8 Å². The normalized spacial score (nSPS) is 11.2. The van der Waals surface area contributed by atoms with Crippen LogP contribution in [0.3, 0.4) is 0 Å². The minimum absolute atomic E-state index is 0.0429. The highest BCUT2D eigenvalue weighted by molar-refractivity contribution is 6.33. The summed E-state index contributed by atoms with van der Waals surface area (Å²) >= 11 is 5.74. The van der Waals surface area contributed by atoms with Crippen LogP contribution >= 0.6 is 11.6 Å². The van der Waals surface area contributed by atoms with E-state index < -0.39 is 11.5 Å². The predicted molar refractivity (Wildman–Crippen MR) is 74.5 cm³/mol. The van der Waals surface area contributed by atoms with Gasteiger partial charge in [-0.25, -0.2) is 4.79 Å². The van der Waals surface area contributed by atoms with Crippen LogP contribution < -0.4 is 11.1 Å². The smallest absolute Gasteiger partial charge is 0.337 e. The number of aromatic carboxylic acids is 1. The highest BCUT2D eigenvalue weighted by Crippen LogP contribution is 2.21. The first-order valence-electron chi connectivity index (χ1n) is 5.80. The van der Waals surface area contributed by atoms with Crippen LogP contribution in [-0.4, -0.2) is 22.5 Å². The van der Waals surface area contributed by atoms with Crippen LogP contribution in [0, 0.1) is 0 Å². The van der Waals surface area contributed by atoms with Gasteiger partial charge >= 0.3 is 5.97 Å². The van der Waals surface area contributed by atoms with Crippen molar-refractivity contribution in [3.63, 3.8) is 0 Å². The molecule has 1 rings (SSSR count). The lowest BCUT2D eigenvalue weighted by molar-refractivity contribution is -0.116. The van der Waals surface area contributed by atoms with Gasteiger partial charge in [-0.2, -0.15) is 0 Å². The third-order valence-corrected chi connectivity index (χ3v) is 2.81. The summed E-state index contributed by atoms with van der Waals surface area (Å²) in [5.41, 5.74) is 5.73. The SMILES string of the molecule is CC(C)(N)CCC(=O)Nc1ccc(Cl)c(C(=O)O)c1. The van der Waals surface area contributed by atoms with E-state index in [1.165, 1.54) is 12.1 Å². The molecule has 1 aromatic rings. The summed E-state index contributed by atoms with van der Waals surface area (Å²) in [4.78, 5) is 22.6. The van der Waals surface area contributed by atoms with Gasteiger partial charge in [0.1, 0.15) is 0 Å². The van der Waals surface area contributed by atoms with Crippen LogP contribution in [0.15, 0.2) is 18.2 Å². The number of benzene rings is 1. The molecule has 6 heteroatoms. The summed E-state index contributed by atoms with van der Waals surface area (Å²) in [5.74, 6) is -1.35. The van der Waals surface area contributed by atoms with Gasteiger partial charge in [0.25, 0.3) is 0 Å². The van der Waals surface area contributed by atoms with Crippen molar-refractivity contribution in [3.8, 4) is 0 Å². The lowest BCUT2D eigenvalue weighted by Gasteiger charge is -2.17. The number of carbonyl (C=O) groups excluding carboxylic acids is 1. The predicted octanol–water partition coefficient (Wildman–Crippen LogP) is 2.49. The summed E-state index contributed by atoms with van der Waals surface area (Å²) in [5, 5.41) is 11.7. The Labute approximate surface area is 116 Å². The fourth-order valence-corrected chi connectivity index (χ4v) is 1.62. The second-order valence-electron chi connectivity index (χ2n) is 5.04. The van der Waals surface area contributed by atoms with Crippen molar-refractivity contribution < 1.29 is 14.7 Å². The quantitative estimate of drug-likeness (QED) is 0.774. The average molecular weight is 285 g/mol. The summed E-state index contributed by atoms with van der Waals surface area (Å²) in [7, 11) is 0. The second-order valence-corrected chi connectivity index (χ2v) is 5.44. The molecule has 0 unspecified atom stereocenters. The lowest BCUT2D eigenvalue weighted by atomic mass is 10.00. The third kappa shape index (κ3) is 5.28. The maximum Gasteiger partial charge on any atom is 0.337 e. The van der Waals surface area contributed by atoms with Gasteiger partial charge in [-0.05, 0) is 38.5 Å². The van der Waals surface area contributed by atoms with E-state index in [1.54, 1.807) is 6.07 Å². The van der Waals surface area contributed by atoms with E-state index >= 15 is 0 Å². The van der Waals surface area contributed by atoms with Crippen molar-refractivity contribution >= 4 is 29.2 Å². The van der Waals surface area contributed by atoms with Gasteiger partial charge in [0.15, 0.2) is 0 Å². The Hall–Kier alpha value is -1.59. The zero-order valence-corrected chi connectivity index (χ0v) is 11.6. The van der Waals surface area contributed by atoms with Crippen molar-refractivity contribution in [1.29, 1.82) is 0 Å². The third-order valence-electron chi connectivity index (χ3n) is 2.48. The molecule has 104 valence electrons. The fraction of sp³-hybridized carbons (Fsp3) is 0.385. The number of hydrogen-bond donors (Lipinski definition) is 3. The standard InChI is InChI=1S/C13H17ClN2O3/c1-13(2,15)6-5-11(17)16-8-3-4-10(14)9(7-8)12(18)19/h3-4,7H,5-6,15H2,1-2H3,(H,16,17)(H,18,19). The Balaban J connectivity index is 2.70. The Bertz CT molecular complexity index is 495. The van der Waals surface area contributed by atoms with Crippen LogP contribution in [-0.2, 0) is 4.79 Å². The largest absolute Gasteiger partial charge is 0.478 e. The van der Waals surface area contributed by atoms with Gasteiger partial charge in [0.05, 0.1) is 10.6 Å². The Morgan fingerprint density at radius 2 is 2.05 bits per heavy atom. The van der Waals surface area contributed by atoms with Crippen LogP contribution in [0.4, 0.5) is 5.69 Å². The van der Waals surface area contributed by atoms with E-state index in [4.69, 9.17) is 22.4 Å². The number of nitrogens with one attached hydrogen (secondary N) is 1. The van der Waals surface area contributed by atoms with Crippen molar-refractivity contribution in [2.24, 2.45) is 5.73 Å². The summed E-state index contributed by atoms with van der Waals surface area (Å²) in [6.07, 6.45) is 0.812. The molecule has 5 nitrogen and oxygen atoms in total. The highest BCUT2D eigenvalue weighted by atomic mass is 35.5. The van der Waals surface area contributed by atoms with Gasteiger partial charge in [-0.3, -0.25) is 4.79 Å². The molecular formula is C13H17ClN2O3. The summed E-state index contributed by atoms with van der Waals surface area (Å²) < 4.78 is 0. The van der Waals surface area contributed by atoms with Crippen LogP contribution in [0.1, 0.15) is 37.0 Å². The first-order valence-corrected chi connectivity index (χ1v) is 6.18. The molecule has 19 heavy (non-hydrogen) atoms. The van der Waals surface area contributed by atoms with E-state index in [2.05, 4.69) is 5.32 Å². The molecule has 0 aliphatic carbocycles. The van der Waals surface area contributed by atoms with E-state index in [9.17, 15) is 9.59 Å². The van der Waals surface area contributed by atoms with E-state index in [0.29, 0.717) is 12.1 Å². The molecular weight excluding hydrogens is 268 g/mol. The molecule has 0 atom stereocenters. The number of carboxylic acid groups (broad SMARTS) is 1. The average Bonchev–Trinajstić information content (AvgIpc) is 2.28. The number of anilines is 1. The highest BCUT2D eigenvalue weighted by Gasteiger charge is 2.14. The van der Waals surface area contributed by atoms with Crippen molar-refractivity contribution in [3.05, 3.63) is 28.8 Å². The van der Waals surface area contributed by atoms with E-state index in [-0.39, 0.29) is 22.9 Å². The van der Waals surface area contributed by atoms with Gasteiger partial charge in [0.2, 0.25) is 5.91 Å². The topological polar surface area (TPSA) is 92.4 Å². The number of nitrogens with two attached hydrogens (primary N) is 1. The molecule has 0 aromatic heterocycles. The molecule has 0 heterocycles. The van der Waals surface area contributed by atoms with Gasteiger partial charge in [-0.1, -0.05) is 11.6 Å². The molecule has 0 saturated heterocycles. The minimum atomic E-state index is -1.14. The Morgan fingerprint density at radius 3 is 2.58 bits per heavy atom. The molecule has 0 aliphatic heterocycles. The lowest BCUT2D eigenvalue weighted by Crippen LogP contribution is -2.33. The maximum atomic E-state index is 11.7.